The number of aliphatic hydroxyl groups is 1. The molecule has 0 bridgehead atoms. The SMILES string of the molecule is CC(C)N[C@H](O)Cc1ccc(OCCCn2cc(-c3cccc(C(C)C)c3)nn2)cc1. The first kappa shape index (κ1) is 23.0. The summed E-state index contributed by atoms with van der Waals surface area (Å²) in [5.41, 5.74) is 4.37. The van der Waals surface area contributed by atoms with Gasteiger partial charge in [-0.2, -0.15) is 0 Å². The standard InChI is InChI=1S/C25H34N4O2/c1-18(2)21-7-5-8-22(16-21)24-17-29(28-27-24)13-6-14-31-23-11-9-20(10-12-23)15-25(30)26-19(3)4/h5,7-12,16-19,25-26,30H,6,13-15H2,1-4H3/t25-/m1/s1. The summed E-state index contributed by atoms with van der Waals surface area (Å²) in [7, 11) is 0. The highest BCUT2D eigenvalue weighted by molar-refractivity contribution is 5.58. The van der Waals surface area contributed by atoms with Crippen LogP contribution in [-0.4, -0.2) is 39.0 Å². The smallest absolute Gasteiger partial charge is 0.119 e. The summed E-state index contributed by atoms with van der Waals surface area (Å²) in [5, 5.41) is 21.6. The maximum Gasteiger partial charge on any atom is 0.119 e. The van der Waals surface area contributed by atoms with E-state index in [4.69, 9.17) is 4.74 Å². The molecule has 0 aliphatic heterocycles. The highest BCUT2D eigenvalue weighted by Gasteiger charge is 2.08. The molecule has 3 rings (SSSR count). The van der Waals surface area contributed by atoms with Crippen LogP contribution in [0.1, 0.15) is 51.2 Å². The van der Waals surface area contributed by atoms with Crippen molar-refractivity contribution in [3.63, 3.8) is 0 Å². The first-order valence-electron chi connectivity index (χ1n) is 11.1. The summed E-state index contributed by atoms with van der Waals surface area (Å²) >= 11 is 0. The molecule has 0 aliphatic carbocycles. The van der Waals surface area contributed by atoms with E-state index >= 15 is 0 Å². The summed E-state index contributed by atoms with van der Waals surface area (Å²) in [6.45, 7) is 9.78. The summed E-state index contributed by atoms with van der Waals surface area (Å²) in [6.07, 6.45) is 2.87. The minimum Gasteiger partial charge on any atom is -0.494 e. The molecule has 0 unspecified atom stereocenters. The van der Waals surface area contributed by atoms with Crippen molar-refractivity contribution >= 4 is 0 Å². The van der Waals surface area contributed by atoms with Crippen molar-refractivity contribution in [1.29, 1.82) is 0 Å². The van der Waals surface area contributed by atoms with Gasteiger partial charge < -0.3 is 9.84 Å². The monoisotopic (exact) mass is 422 g/mol. The molecule has 0 saturated heterocycles. The van der Waals surface area contributed by atoms with Crippen molar-refractivity contribution in [3.8, 4) is 17.0 Å². The Labute approximate surface area is 185 Å². The summed E-state index contributed by atoms with van der Waals surface area (Å²) in [5.74, 6) is 1.32. The van der Waals surface area contributed by atoms with Gasteiger partial charge in [0.2, 0.25) is 0 Å². The zero-order valence-corrected chi connectivity index (χ0v) is 19.0. The molecule has 2 aromatic carbocycles. The number of rotatable bonds is 11. The number of ether oxygens (including phenoxy) is 1. The van der Waals surface area contributed by atoms with E-state index in [-0.39, 0.29) is 6.04 Å². The number of hydrogen-bond acceptors (Lipinski definition) is 5. The first-order valence-corrected chi connectivity index (χ1v) is 11.1. The van der Waals surface area contributed by atoms with Crippen LogP contribution in [0.3, 0.4) is 0 Å². The quantitative estimate of drug-likeness (QED) is 0.354. The van der Waals surface area contributed by atoms with Crippen molar-refractivity contribution in [2.24, 2.45) is 0 Å². The van der Waals surface area contributed by atoms with Crippen LogP contribution >= 0.6 is 0 Å². The number of aryl methyl sites for hydroxylation is 1. The molecule has 0 radical (unpaired) electrons. The maximum absolute atomic E-state index is 9.98. The lowest BCUT2D eigenvalue weighted by Crippen LogP contribution is -2.36. The van der Waals surface area contributed by atoms with Crippen LogP contribution in [0.2, 0.25) is 0 Å². The molecule has 0 fully saturated rings. The van der Waals surface area contributed by atoms with E-state index in [9.17, 15) is 5.11 Å². The van der Waals surface area contributed by atoms with Gasteiger partial charge in [-0.15, -0.1) is 5.10 Å². The Hall–Kier alpha value is -2.70. The van der Waals surface area contributed by atoms with Gasteiger partial charge in [0.05, 0.1) is 12.8 Å². The largest absolute Gasteiger partial charge is 0.494 e. The van der Waals surface area contributed by atoms with Crippen LogP contribution in [-0.2, 0) is 13.0 Å². The molecular weight excluding hydrogens is 388 g/mol. The third-order valence-corrected chi connectivity index (χ3v) is 5.07. The number of nitrogens with zero attached hydrogens (tertiary/aromatic N) is 3. The summed E-state index contributed by atoms with van der Waals surface area (Å²) < 4.78 is 7.71. The van der Waals surface area contributed by atoms with E-state index in [1.807, 2.05) is 49.0 Å². The molecule has 1 heterocycles. The Morgan fingerprint density at radius 3 is 2.55 bits per heavy atom. The van der Waals surface area contributed by atoms with E-state index in [2.05, 4.69) is 53.7 Å². The number of hydrogen-bond donors (Lipinski definition) is 2. The molecule has 6 nitrogen and oxygen atoms in total. The summed E-state index contributed by atoms with van der Waals surface area (Å²) in [4.78, 5) is 0. The fraction of sp³-hybridized carbons (Fsp3) is 0.440. The van der Waals surface area contributed by atoms with Gasteiger partial charge in [0.15, 0.2) is 0 Å². The van der Waals surface area contributed by atoms with E-state index < -0.39 is 6.23 Å². The second-order valence-electron chi connectivity index (χ2n) is 8.53. The van der Waals surface area contributed by atoms with Gasteiger partial charge in [0, 0.05) is 31.0 Å². The third kappa shape index (κ3) is 7.19. The molecule has 0 saturated carbocycles. The first-order chi connectivity index (χ1) is 14.9. The molecule has 0 amide bonds. The lowest BCUT2D eigenvalue weighted by Gasteiger charge is -2.15. The van der Waals surface area contributed by atoms with Crippen LogP contribution in [0.15, 0.2) is 54.7 Å². The lowest BCUT2D eigenvalue weighted by molar-refractivity contribution is 0.127. The van der Waals surface area contributed by atoms with Gasteiger partial charge in [0.25, 0.3) is 0 Å². The van der Waals surface area contributed by atoms with Gasteiger partial charge in [0.1, 0.15) is 17.7 Å². The lowest BCUT2D eigenvalue weighted by atomic mass is 10.00. The predicted octanol–water partition coefficient (Wildman–Crippen LogP) is 4.40. The molecular formula is C25H34N4O2. The number of benzene rings is 2. The zero-order chi connectivity index (χ0) is 22.2. The van der Waals surface area contributed by atoms with E-state index in [1.165, 1.54) is 5.56 Å². The zero-order valence-electron chi connectivity index (χ0n) is 19.0. The minimum atomic E-state index is -0.535. The van der Waals surface area contributed by atoms with Crippen molar-refractivity contribution in [2.75, 3.05) is 6.61 Å². The number of aromatic nitrogens is 3. The van der Waals surface area contributed by atoms with Crippen LogP contribution in [0.25, 0.3) is 11.3 Å². The van der Waals surface area contributed by atoms with Crippen molar-refractivity contribution in [1.82, 2.24) is 20.3 Å². The Kier molecular flexibility index (Phi) is 8.20. The Morgan fingerprint density at radius 2 is 1.84 bits per heavy atom. The molecule has 0 spiro atoms. The normalized spacial score (nSPS) is 12.5. The number of aliphatic hydroxyl groups excluding tert-OH is 1. The van der Waals surface area contributed by atoms with Gasteiger partial charge in [-0.3, -0.25) is 10.00 Å². The van der Waals surface area contributed by atoms with Gasteiger partial charge in [-0.25, -0.2) is 0 Å². The highest BCUT2D eigenvalue weighted by atomic mass is 16.5. The molecule has 31 heavy (non-hydrogen) atoms. The second-order valence-corrected chi connectivity index (χ2v) is 8.53. The van der Waals surface area contributed by atoms with Crippen LogP contribution in [0.5, 0.6) is 5.75 Å². The van der Waals surface area contributed by atoms with Gasteiger partial charge >= 0.3 is 0 Å². The average Bonchev–Trinajstić information content (AvgIpc) is 3.21. The minimum absolute atomic E-state index is 0.254. The average molecular weight is 423 g/mol. The van der Waals surface area contributed by atoms with Gasteiger partial charge in [-0.05, 0) is 49.1 Å². The second kappa shape index (κ2) is 11.1. The fourth-order valence-corrected chi connectivity index (χ4v) is 3.40. The van der Waals surface area contributed by atoms with E-state index in [0.29, 0.717) is 18.9 Å². The van der Waals surface area contributed by atoms with Crippen molar-refractivity contribution in [3.05, 3.63) is 65.9 Å². The van der Waals surface area contributed by atoms with E-state index in [1.54, 1.807) is 0 Å². The van der Waals surface area contributed by atoms with Crippen LogP contribution in [0.4, 0.5) is 0 Å². The fourth-order valence-electron chi connectivity index (χ4n) is 3.40. The highest BCUT2D eigenvalue weighted by Crippen LogP contribution is 2.22. The van der Waals surface area contributed by atoms with Crippen LogP contribution in [0, 0.1) is 0 Å². The van der Waals surface area contributed by atoms with Gasteiger partial charge in [-0.1, -0.05) is 49.4 Å². The molecule has 2 N–H and O–H groups in total. The third-order valence-electron chi connectivity index (χ3n) is 5.07. The molecule has 1 atom stereocenters. The predicted molar refractivity (Wildman–Crippen MR) is 124 cm³/mol. The van der Waals surface area contributed by atoms with Crippen molar-refractivity contribution in [2.45, 2.75) is 65.3 Å². The number of nitrogens with one attached hydrogen (secondary N) is 1. The molecule has 166 valence electrons. The topological polar surface area (TPSA) is 72.2 Å². The van der Waals surface area contributed by atoms with Crippen molar-refractivity contribution < 1.29 is 9.84 Å². The molecule has 6 heteroatoms. The van der Waals surface area contributed by atoms with E-state index in [0.717, 1.165) is 35.5 Å². The Bertz CT molecular complexity index is 935. The maximum atomic E-state index is 9.98. The molecule has 1 aromatic heterocycles. The Morgan fingerprint density at radius 1 is 1.06 bits per heavy atom. The summed E-state index contributed by atoms with van der Waals surface area (Å²) in [6, 6.07) is 16.6. The van der Waals surface area contributed by atoms with Crippen LogP contribution < -0.4 is 10.1 Å². The molecule has 0 aliphatic rings. The Balaban J connectivity index is 1.44. The molecule has 3 aromatic rings.